The lowest BCUT2D eigenvalue weighted by Crippen LogP contribution is -2.21. The van der Waals surface area contributed by atoms with Crippen molar-refractivity contribution in [3.63, 3.8) is 0 Å². The lowest BCUT2D eigenvalue weighted by Gasteiger charge is -2.16. The predicted molar refractivity (Wildman–Crippen MR) is 91.5 cm³/mol. The number of aryl methyl sites for hydroxylation is 1. The van der Waals surface area contributed by atoms with Crippen LogP contribution < -0.4 is 5.32 Å². The number of hydrogen-bond acceptors (Lipinski definition) is 3. The highest BCUT2D eigenvalue weighted by atomic mass is 15.1. The molecule has 0 aromatic carbocycles. The highest BCUT2D eigenvalue weighted by Crippen LogP contribution is 2.05. The number of aromatic nitrogens is 1. The van der Waals surface area contributed by atoms with Gasteiger partial charge in [-0.1, -0.05) is 32.8 Å². The molecule has 0 saturated heterocycles. The van der Waals surface area contributed by atoms with E-state index in [0.29, 0.717) is 0 Å². The zero-order valence-electron chi connectivity index (χ0n) is 14.4. The summed E-state index contributed by atoms with van der Waals surface area (Å²) >= 11 is 0. The fourth-order valence-electron chi connectivity index (χ4n) is 2.42. The molecule has 0 spiro atoms. The van der Waals surface area contributed by atoms with E-state index < -0.39 is 0 Å². The molecule has 1 aromatic heterocycles. The van der Waals surface area contributed by atoms with Gasteiger partial charge in [0.2, 0.25) is 0 Å². The Bertz CT molecular complexity index is 376. The molecule has 1 aromatic rings. The standard InChI is InChI=1S/C18H33N3/c1-16(2)14-19-12-7-5-6-8-13-21(4)15-18-11-9-10-17(3)20-18/h9-11,16,19H,5-8,12-15H2,1-4H3. The van der Waals surface area contributed by atoms with E-state index in [1.807, 2.05) is 0 Å². The van der Waals surface area contributed by atoms with Crippen LogP contribution in [0.3, 0.4) is 0 Å². The van der Waals surface area contributed by atoms with E-state index in [1.165, 1.54) is 37.9 Å². The highest BCUT2D eigenvalue weighted by molar-refractivity contribution is 5.09. The van der Waals surface area contributed by atoms with Gasteiger partial charge < -0.3 is 10.2 Å². The summed E-state index contributed by atoms with van der Waals surface area (Å²) < 4.78 is 0. The largest absolute Gasteiger partial charge is 0.316 e. The van der Waals surface area contributed by atoms with Gasteiger partial charge in [0.05, 0.1) is 5.69 Å². The first kappa shape index (κ1) is 18.1. The predicted octanol–water partition coefficient (Wildman–Crippen LogP) is 3.63. The van der Waals surface area contributed by atoms with Crippen LogP contribution in [0.15, 0.2) is 18.2 Å². The minimum atomic E-state index is 0.758. The molecular formula is C18H33N3. The maximum Gasteiger partial charge on any atom is 0.0547 e. The van der Waals surface area contributed by atoms with Crippen molar-refractivity contribution in [2.24, 2.45) is 5.92 Å². The van der Waals surface area contributed by atoms with Gasteiger partial charge in [0.25, 0.3) is 0 Å². The molecule has 1 rings (SSSR count). The van der Waals surface area contributed by atoms with Crippen LogP contribution in [0.2, 0.25) is 0 Å². The van der Waals surface area contributed by atoms with E-state index in [-0.39, 0.29) is 0 Å². The van der Waals surface area contributed by atoms with Gasteiger partial charge >= 0.3 is 0 Å². The summed E-state index contributed by atoms with van der Waals surface area (Å²) in [6.45, 7) is 11.0. The maximum absolute atomic E-state index is 4.56. The molecule has 1 N–H and O–H groups in total. The topological polar surface area (TPSA) is 28.2 Å². The van der Waals surface area contributed by atoms with E-state index >= 15 is 0 Å². The third-order valence-electron chi connectivity index (χ3n) is 3.57. The van der Waals surface area contributed by atoms with Gasteiger partial charge in [-0.25, -0.2) is 0 Å². The van der Waals surface area contributed by atoms with Crippen LogP contribution >= 0.6 is 0 Å². The smallest absolute Gasteiger partial charge is 0.0547 e. The molecule has 1 heterocycles. The Hall–Kier alpha value is -0.930. The second kappa shape index (κ2) is 10.7. The van der Waals surface area contributed by atoms with Crippen LogP contribution in [0.4, 0.5) is 0 Å². The third-order valence-corrected chi connectivity index (χ3v) is 3.57. The highest BCUT2D eigenvalue weighted by Gasteiger charge is 2.01. The summed E-state index contributed by atoms with van der Waals surface area (Å²) in [4.78, 5) is 6.93. The Morgan fingerprint density at radius 3 is 2.62 bits per heavy atom. The van der Waals surface area contributed by atoms with Crippen LogP contribution in [0.25, 0.3) is 0 Å². The Kier molecular flexibility index (Phi) is 9.27. The number of nitrogens with zero attached hydrogens (tertiary/aromatic N) is 2. The van der Waals surface area contributed by atoms with E-state index in [1.54, 1.807) is 0 Å². The molecule has 3 heteroatoms. The second-order valence-electron chi connectivity index (χ2n) is 6.52. The maximum atomic E-state index is 4.56. The first-order chi connectivity index (χ1) is 10.1. The molecular weight excluding hydrogens is 258 g/mol. The monoisotopic (exact) mass is 291 g/mol. The Labute approximate surface area is 131 Å². The Morgan fingerprint density at radius 2 is 1.90 bits per heavy atom. The molecule has 0 saturated carbocycles. The van der Waals surface area contributed by atoms with Crippen LogP contribution in [0.5, 0.6) is 0 Å². The van der Waals surface area contributed by atoms with Crippen molar-refractivity contribution in [3.8, 4) is 0 Å². The van der Waals surface area contributed by atoms with Crippen molar-refractivity contribution in [2.45, 2.75) is 53.0 Å². The SMILES string of the molecule is Cc1cccc(CN(C)CCCCCCNCC(C)C)n1. The molecule has 21 heavy (non-hydrogen) atoms. The number of nitrogens with one attached hydrogen (secondary N) is 1. The molecule has 0 amide bonds. The first-order valence-corrected chi connectivity index (χ1v) is 8.39. The zero-order valence-corrected chi connectivity index (χ0v) is 14.4. The van der Waals surface area contributed by atoms with Crippen molar-refractivity contribution in [3.05, 3.63) is 29.6 Å². The molecule has 120 valence electrons. The summed E-state index contributed by atoms with van der Waals surface area (Å²) in [6.07, 6.45) is 5.25. The number of pyridine rings is 1. The van der Waals surface area contributed by atoms with Crippen molar-refractivity contribution in [1.82, 2.24) is 15.2 Å². The normalized spacial score (nSPS) is 11.5. The second-order valence-corrected chi connectivity index (χ2v) is 6.52. The van der Waals surface area contributed by atoms with E-state index in [0.717, 1.165) is 31.2 Å². The Balaban J connectivity index is 2.00. The number of rotatable bonds is 11. The summed E-state index contributed by atoms with van der Waals surface area (Å²) in [5.74, 6) is 0.758. The average Bonchev–Trinajstić information content (AvgIpc) is 2.41. The fourth-order valence-corrected chi connectivity index (χ4v) is 2.42. The summed E-state index contributed by atoms with van der Waals surface area (Å²) in [7, 11) is 2.19. The van der Waals surface area contributed by atoms with Crippen LogP contribution in [-0.4, -0.2) is 36.6 Å². The van der Waals surface area contributed by atoms with Gasteiger partial charge in [-0.3, -0.25) is 4.98 Å². The quantitative estimate of drug-likeness (QED) is 0.631. The van der Waals surface area contributed by atoms with Crippen molar-refractivity contribution in [1.29, 1.82) is 0 Å². The number of hydrogen-bond donors (Lipinski definition) is 1. The molecule has 3 nitrogen and oxygen atoms in total. The molecule has 0 atom stereocenters. The van der Waals surface area contributed by atoms with Gasteiger partial charge in [-0.05, 0) is 64.5 Å². The summed E-state index contributed by atoms with van der Waals surface area (Å²) in [6, 6.07) is 6.26. The van der Waals surface area contributed by atoms with Crippen LogP contribution in [-0.2, 0) is 6.54 Å². The minimum absolute atomic E-state index is 0.758. The van der Waals surface area contributed by atoms with Crippen LogP contribution in [0, 0.1) is 12.8 Å². The third kappa shape index (κ3) is 9.59. The van der Waals surface area contributed by atoms with Gasteiger partial charge in [-0.15, -0.1) is 0 Å². The Morgan fingerprint density at radius 1 is 1.14 bits per heavy atom. The summed E-state index contributed by atoms with van der Waals surface area (Å²) in [5.41, 5.74) is 2.28. The van der Waals surface area contributed by atoms with Crippen molar-refractivity contribution in [2.75, 3.05) is 26.7 Å². The molecule has 0 aliphatic heterocycles. The molecule has 0 aliphatic rings. The van der Waals surface area contributed by atoms with E-state index in [4.69, 9.17) is 0 Å². The lowest BCUT2D eigenvalue weighted by molar-refractivity contribution is 0.312. The average molecular weight is 291 g/mol. The fraction of sp³-hybridized carbons (Fsp3) is 0.722. The van der Waals surface area contributed by atoms with Gasteiger partial charge in [-0.2, -0.15) is 0 Å². The number of unbranched alkanes of at least 4 members (excludes halogenated alkanes) is 3. The molecule has 0 fully saturated rings. The van der Waals surface area contributed by atoms with Gasteiger partial charge in [0.15, 0.2) is 0 Å². The van der Waals surface area contributed by atoms with Gasteiger partial charge in [0, 0.05) is 12.2 Å². The van der Waals surface area contributed by atoms with E-state index in [9.17, 15) is 0 Å². The minimum Gasteiger partial charge on any atom is -0.316 e. The first-order valence-electron chi connectivity index (χ1n) is 8.39. The van der Waals surface area contributed by atoms with E-state index in [2.05, 4.69) is 61.2 Å². The lowest BCUT2D eigenvalue weighted by atomic mass is 10.1. The van der Waals surface area contributed by atoms with Crippen molar-refractivity contribution < 1.29 is 0 Å². The molecule has 0 bridgehead atoms. The van der Waals surface area contributed by atoms with Gasteiger partial charge in [0.1, 0.15) is 0 Å². The van der Waals surface area contributed by atoms with Crippen LogP contribution in [0.1, 0.15) is 50.9 Å². The zero-order chi connectivity index (χ0) is 15.5. The summed E-state index contributed by atoms with van der Waals surface area (Å²) in [5, 5.41) is 3.50. The molecule has 0 unspecified atom stereocenters. The molecule has 0 aliphatic carbocycles. The van der Waals surface area contributed by atoms with Crippen molar-refractivity contribution >= 4 is 0 Å². The molecule has 0 radical (unpaired) electrons.